The summed E-state index contributed by atoms with van der Waals surface area (Å²) in [5, 5.41) is 3.49. The topological polar surface area (TPSA) is 47.7 Å². The van der Waals surface area contributed by atoms with Crippen molar-refractivity contribution in [3.05, 3.63) is 36.4 Å². The summed E-state index contributed by atoms with van der Waals surface area (Å²) in [5.74, 6) is 2.21. The molecule has 0 bridgehead atoms. The molecule has 0 aliphatic rings. The van der Waals surface area contributed by atoms with E-state index >= 15 is 0 Å². The molecule has 0 aromatic carbocycles. The summed E-state index contributed by atoms with van der Waals surface area (Å²) >= 11 is 0. The Labute approximate surface area is 108 Å². The van der Waals surface area contributed by atoms with Crippen molar-refractivity contribution >= 4 is 0 Å². The Hall–Kier alpha value is -1.62. The molecule has 0 fully saturated rings. The van der Waals surface area contributed by atoms with Gasteiger partial charge in [-0.25, -0.2) is 9.97 Å². The van der Waals surface area contributed by atoms with E-state index in [1.165, 1.54) is 0 Å². The number of hydrogen-bond donors (Lipinski definition) is 1. The van der Waals surface area contributed by atoms with Gasteiger partial charge < -0.3 is 14.5 Å². The van der Waals surface area contributed by atoms with Crippen molar-refractivity contribution in [3.63, 3.8) is 0 Å². The molecule has 0 saturated heterocycles. The van der Waals surface area contributed by atoms with Crippen LogP contribution >= 0.6 is 0 Å². The zero-order valence-corrected chi connectivity index (χ0v) is 11.3. The van der Waals surface area contributed by atoms with E-state index in [2.05, 4.69) is 31.3 Å². The van der Waals surface area contributed by atoms with Gasteiger partial charge in [0.1, 0.15) is 11.6 Å². The van der Waals surface area contributed by atoms with E-state index in [4.69, 9.17) is 0 Å². The third-order valence-corrected chi connectivity index (χ3v) is 3.20. The molecule has 1 atom stereocenters. The molecule has 0 saturated carbocycles. The monoisotopic (exact) mass is 247 g/mol. The van der Waals surface area contributed by atoms with E-state index in [0.717, 1.165) is 31.0 Å². The van der Waals surface area contributed by atoms with Gasteiger partial charge in [-0.15, -0.1) is 0 Å². The Kier molecular flexibility index (Phi) is 4.15. The van der Waals surface area contributed by atoms with Crippen LogP contribution in [0.2, 0.25) is 0 Å². The second kappa shape index (κ2) is 5.82. The van der Waals surface area contributed by atoms with Crippen LogP contribution in [-0.4, -0.2) is 25.6 Å². The first kappa shape index (κ1) is 12.8. The summed E-state index contributed by atoms with van der Waals surface area (Å²) in [6.45, 7) is 3.06. The van der Waals surface area contributed by atoms with Gasteiger partial charge in [0.05, 0.1) is 6.04 Å². The van der Waals surface area contributed by atoms with Gasteiger partial charge in [-0.2, -0.15) is 0 Å². The lowest BCUT2D eigenvalue weighted by Gasteiger charge is -2.17. The van der Waals surface area contributed by atoms with Crippen molar-refractivity contribution in [3.8, 4) is 0 Å². The van der Waals surface area contributed by atoms with E-state index in [0.29, 0.717) is 0 Å². The van der Waals surface area contributed by atoms with Gasteiger partial charge >= 0.3 is 0 Å². The molecule has 98 valence electrons. The predicted molar refractivity (Wildman–Crippen MR) is 71.2 cm³/mol. The van der Waals surface area contributed by atoms with Gasteiger partial charge in [-0.1, -0.05) is 6.92 Å². The average Bonchev–Trinajstić information content (AvgIpc) is 2.94. The first-order chi connectivity index (χ1) is 8.72. The van der Waals surface area contributed by atoms with Crippen LogP contribution in [0, 0.1) is 0 Å². The quantitative estimate of drug-likeness (QED) is 0.840. The van der Waals surface area contributed by atoms with Crippen LogP contribution in [0.1, 0.15) is 31.0 Å². The molecule has 2 heterocycles. The van der Waals surface area contributed by atoms with Crippen LogP contribution in [0.4, 0.5) is 0 Å². The normalized spacial score (nSPS) is 12.8. The highest BCUT2D eigenvalue weighted by Crippen LogP contribution is 2.16. The van der Waals surface area contributed by atoms with Crippen LogP contribution in [0.5, 0.6) is 0 Å². The van der Waals surface area contributed by atoms with E-state index in [1.54, 1.807) is 0 Å². The Bertz CT molecular complexity index is 485. The Morgan fingerprint density at radius 3 is 2.44 bits per heavy atom. The van der Waals surface area contributed by atoms with Crippen molar-refractivity contribution in [2.75, 3.05) is 6.54 Å². The molecule has 5 nitrogen and oxygen atoms in total. The predicted octanol–water partition coefficient (Wildman–Crippen LogP) is 1.44. The van der Waals surface area contributed by atoms with Crippen LogP contribution in [0.15, 0.2) is 24.8 Å². The van der Waals surface area contributed by atoms with Crippen LogP contribution in [0.3, 0.4) is 0 Å². The Balaban J connectivity index is 2.03. The molecule has 5 heteroatoms. The summed E-state index contributed by atoms with van der Waals surface area (Å²) in [5.41, 5.74) is 0. The zero-order chi connectivity index (χ0) is 13.0. The van der Waals surface area contributed by atoms with Crippen molar-refractivity contribution in [2.24, 2.45) is 14.1 Å². The molecule has 18 heavy (non-hydrogen) atoms. The number of aromatic nitrogens is 4. The summed E-state index contributed by atoms with van der Waals surface area (Å²) in [7, 11) is 4.07. The van der Waals surface area contributed by atoms with E-state index in [-0.39, 0.29) is 6.04 Å². The minimum Gasteiger partial charge on any atom is -0.338 e. The second-order valence-electron chi connectivity index (χ2n) is 4.50. The molecule has 0 aliphatic carbocycles. The number of nitrogens with zero attached hydrogens (tertiary/aromatic N) is 4. The fraction of sp³-hybridized carbons (Fsp3) is 0.538. The summed E-state index contributed by atoms with van der Waals surface area (Å²) in [4.78, 5) is 8.79. The molecular formula is C13H21N5. The molecule has 0 amide bonds. The maximum Gasteiger partial charge on any atom is 0.125 e. The lowest BCUT2D eigenvalue weighted by molar-refractivity contribution is 0.471. The zero-order valence-electron chi connectivity index (χ0n) is 11.3. The minimum absolute atomic E-state index is 0.284. The standard InChI is InChI=1S/C13H21N5/c1-4-14-11(13-16-8-10-18(13)3)5-6-12-15-7-9-17(12)2/h7-11,14H,4-6H2,1-3H3. The average molecular weight is 247 g/mol. The molecule has 1 unspecified atom stereocenters. The van der Waals surface area contributed by atoms with Gasteiger partial charge in [0.2, 0.25) is 0 Å². The van der Waals surface area contributed by atoms with E-state index in [9.17, 15) is 0 Å². The summed E-state index contributed by atoms with van der Waals surface area (Å²) in [6, 6.07) is 0.284. The molecule has 0 aliphatic heterocycles. The molecule has 2 aromatic heterocycles. The number of aryl methyl sites for hydroxylation is 3. The summed E-state index contributed by atoms with van der Waals surface area (Å²) < 4.78 is 4.15. The fourth-order valence-electron chi connectivity index (χ4n) is 2.19. The highest BCUT2D eigenvalue weighted by atomic mass is 15.1. The maximum atomic E-state index is 4.43. The van der Waals surface area contributed by atoms with Gasteiger partial charge in [-0.05, 0) is 13.0 Å². The van der Waals surface area contributed by atoms with Crippen molar-refractivity contribution in [2.45, 2.75) is 25.8 Å². The van der Waals surface area contributed by atoms with Gasteiger partial charge in [-0.3, -0.25) is 0 Å². The van der Waals surface area contributed by atoms with Crippen LogP contribution in [-0.2, 0) is 20.5 Å². The highest BCUT2D eigenvalue weighted by molar-refractivity contribution is 5.01. The molecule has 2 rings (SSSR count). The fourth-order valence-corrected chi connectivity index (χ4v) is 2.19. The molecule has 0 radical (unpaired) electrons. The SMILES string of the molecule is CCNC(CCc1nccn1C)c1nccn1C. The molecule has 0 spiro atoms. The number of nitrogens with one attached hydrogen (secondary N) is 1. The third-order valence-electron chi connectivity index (χ3n) is 3.20. The lowest BCUT2D eigenvalue weighted by atomic mass is 10.1. The lowest BCUT2D eigenvalue weighted by Crippen LogP contribution is -2.24. The largest absolute Gasteiger partial charge is 0.338 e. The number of hydrogen-bond acceptors (Lipinski definition) is 3. The Morgan fingerprint density at radius 2 is 1.89 bits per heavy atom. The first-order valence-corrected chi connectivity index (χ1v) is 6.39. The van der Waals surface area contributed by atoms with Crippen molar-refractivity contribution in [1.82, 2.24) is 24.4 Å². The number of rotatable bonds is 6. The highest BCUT2D eigenvalue weighted by Gasteiger charge is 2.15. The van der Waals surface area contributed by atoms with Gasteiger partial charge in [0, 0.05) is 45.3 Å². The molecular weight excluding hydrogens is 226 g/mol. The van der Waals surface area contributed by atoms with Crippen LogP contribution in [0.25, 0.3) is 0 Å². The van der Waals surface area contributed by atoms with Crippen molar-refractivity contribution in [1.29, 1.82) is 0 Å². The minimum atomic E-state index is 0.284. The Morgan fingerprint density at radius 1 is 1.17 bits per heavy atom. The first-order valence-electron chi connectivity index (χ1n) is 6.39. The maximum absolute atomic E-state index is 4.43. The number of imidazole rings is 2. The van der Waals surface area contributed by atoms with E-state index < -0.39 is 0 Å². The smallest absolute Gasteiger partial charge is 0.125 e. The van der Waals surface area contributed by atoms with Gasteiger partial charge in [0.15, 0.2) is 0 Å². The van der Waals surface area contributed by atoms with E-state index in [1.807, 2.05) is 38.9 Å². The van der Waals surface area contributed by atoms with Crippen molar-refractivity contribution < 1.29 is 0 Å². The molecule has 2 aromatic rings. The molecule has 1 N–H and O–H groups in total. The van der Waals surface area contributed by atoms with Gasteiger partial charge in [0.25, 0.3) is 0 Å². The third kappa shape index (κ3) is 2.79. The van der Waals surface area contributed by atoms with Crippen LogP contribution < -0.4 is 5.32 Å². The second-order valence-corrected chi connectivity index (χ2v) is 4.50. The summed E-state index contributed by atoms with van der Waals surface area (Å²) in [6.07, 6.45) is 9.62.